The minimum absolute atomic E-state index is 0.234. The van der Waals surface area contributed by atoms with Crippen molar-refractivity contribution >= 4 is 28.9 Å². The van der Waals surface area contributed by atoms with Crippen molar-refractivity contribution in [3.05, 3.63) is 16.3 Å². The maximum absolute atomic E-state index is 12.1. The molecule has 1 aromatic heterocycles. The molecule has 0 spiro atoms. The van der Waals surface area contributed by atoms with E-state index in [-0.39, 0.29) is 11.8 Å². The minimum Gasteiger partial charge on any atom is -0.465 e. The first-order chi connectivity index (χ1) is 8.46. The molecule has 6 heteroatoms. The molecule has 0 bridgehead atoms. The van der Waals surface area contributed by atoms with Crippen LogP contribution in [0.4, 0.5) is 5.69 Å². The summed E-state index contributed by atoms with van der Waals surface area (Å²) in [6, 6.07) is 1.68. The van der Waals surface area contributed by atoms with Crippen molar-refractivity contribution in [3.63, 3.8) is 0 Å². The highest BCUT2D eigenvalue weighted by Crippen LogP contribution is 2.38. The zero-order valence-electron chi connectivity index (χ0n) is 10.4. The van der Waals surface area contributed by atoms with Gasteiger partial charge < -0.3 is 15.8 Å². The van der Waals surface area contributed by atoms with Gasteiger partial charge in [0, 0.05) is 0 Å². The van der Waals surface area contributed by atoms with E-state index < -0.39 is 11.5 Å². The molecule has 2 rings (SSSR count). The van der Waals surface area contributed by atoms with Gasteiger partial charge in [0.2, 0.25) is 5.91 Å². The van der Waals surface area contributed by atoms with Gasteiger partial charge in [-0.05, 0) is 37.1 Å². The number of carbonyl (C=O) groups is 2. The molecule has 0 radical (unpaired) electrons. The Morgan fingerprint density at radius 2 is 2.22 bits per heavy atom. The average molecular weight is 268 g/mol. The van der Waals surface area contributed by atoms with Gasteiger partial charge in [-0.25, -0.2) is 4.79 Å². The number of rotatable bonds is 4. The summed E-state index contributed by atoms with van der Waals surface area (Å²) in [5.41, 5.74) is 5.60. The summed E-state index contributed by atoms with van der Waals surface area (Å²) in [6.45, 7) is 1.73. The zero-order chi connectivity index (χ0) is 13.3. The van der Waals surface area contributed by atoms with Gasteiger partial charge in [-0.15, -0.1) is 11.3 Å². The van der Waals surface area contributed by atoms with E-state index >= 15 is 0 Å². The predicted octanol–water partition coefficient (Wildman–Crippen LogP) is 1.60. The molecule has 5 nitrogen and oxygen atoms in total. The SMILES string of the molecule is COC(=O)c1sccc1NC(=O)C(C)(N)C1CC1. The summed E-state index contributed by atoms with van der Waals surface area (Å²) in [4.78, 5) is 24.0. The number of esters is 1. The van der Waals surface area contributed by atoms with Gasteiger partial charge in [0.25, 0.3) is 0 Å². The molecular weight excluding hydrogens is 252 g/mol. The first-order valence-electron chi connectivity index (χ1n) is 5.73. The average Bonchev–Trinajstić information content (AvgIpc) is 3.10. The van der Waals surface area contributed by atoms with Crippen molar-refractivity contribution in [1.29, 1.82) is 0 Å². The Morgan fingerprint density at radius 3 is 2.78 bits per heavy atom. The highest BCUT2D eigenvalue weighted by Gasteiger charge is 2.44. The van der Waals surface area contributed by atoms with Crippen molar-refractivity contribution < 1.29 is 14.3 Å². The fraction of sp³-hybridized carbons (Fsp3) is 0.500. The van der Waals surface area contributed by atoms with Crippen LogP contribution in [0, 0.1) is 5.92 Å². The molecule has 0 aromatic carbocycles. The molecule has 1 aliphatic rings. The van der Waals surface area contributed by atoms with Crippen LogP contribution in [-0.4, -0.2) is 24.5 Å². The summed E-state index contributed by atoms with van der Waals surface area (Å²) in [5, 5.41) is 4.44. The molecule has 18 heavy (non-hydrogen) atoms. The number of methoxy groups -OCH3 is 1. The third-order valence-corrected chi connectivity index (χ3v) is 4.09. The van der Waals surface area contributed by atoms with E-state index in [0.717, 1.165) is 12.8 Å². The van der Waals surface area contributed by atoms with Crippen molar-refractivity contribution in [3.8, 4) is 0 Å². The van der Waals surface area contributed by atoms with E-state index in [4.69, 9.17) is 5.73 Å². The second kappa shape index (κ2) is 4.70. The van der Waals surface area contributed by atoms with Crippen LogP contribution in [-0.2, 0) is 9.53 Å². The third-order valence-electron chi connectivity index (χ3n) is 3.20. The van der Waals surface area contributed by atoms with Gasteiger partial charge in [-0.2, -0.15) is 0 Å². The van der Waals surface area contributed by atoms with E-state index in [9.17, 15) is 9.59 Å². The lowest BCUT2D eigenvalue weighted by Gasteiger charge is -2.23. The molecule has 98 valence electrons. The van der Waals surface area contributed by atoms with Gasteiger partial charge >= 0.3 is 5.97 Å². The van der Waals surface area contributed by atoms with E-state index in [0.29, 0.717) is 10.6 Å². The lowest BCUT2D eigenvalue weighted by molar-refractivity contribution is -0.121. The number of carbonyl (C=O) groups excluding carboxylic acids is 2. The topological polar surface area (TPSA) is 81.4 Å². The maximum Gasteiger partial charge on any atom is 0.350 e. The van der Waals surface area contributed by atoms with Crippen LogP contribution in [0.3, 0.4) is 0 Å². The molecule has 0 saturated heterocycles. The second-order valence-corrected chi connectivity index (χ2v) is 5.58. The summed E-state index contributed by atoms with van der Waals surface area (Å²) < 4.78 is 4.65. The molecule has 1 unspecified atom stereocenters. The smallest absolute Gasteiger partial charge is 0.350 e. The Labute approximate surface area is 109 Å². The number of amides is 1. The monoisotopic (exact) mass is 268 g/mol. The third kappa shape index (κ3) is 2.39. The molecule has 1 amide bonds. The lowest BCUT2D eigenvalue weighted by atomic mass is 9.96. The Hall–Kier alpha value is -1.40. The first kappa shape index (κ1) is 13.0. The van der Waals surface area contributed by atoms with Gasteiger partial charge in [-0.1, -0.05) is 0 Å². The van der Waals surface area contributed by atoms with Crippen molar-refractivity contribution in [2.75, 3.05) is 12.4 Å². The highest BCUT2D eigenvalue weighted by molar-refractivity contribution is 7.12. The molecule has 1 heterocycles. The van der Waals surface area contributed by atoms with Crippen LogP contribution >= 0.6 is 11.3 Å². The zero-order valence-corrected chi connectivity index (χ0v) is 11.2. The standard InChI is InChI=1S/C12H16N2O3S/c1-12(13,7-3-4-7)11(16)14-8-5-6-18-9(8)10(15)17-2/h5-7H,3-4,13H2,1-2H3,(H,14,16). The fourth-order valence-electron chi connectivity index (χ4n) is 1.78. The Balaban J connectivity index is 2.12. The number of nitrogens with two attached hydrogens (primary N) is 1. The number of anilines is 1. The van der Waals surface area contributed by atoms with E-state index in [1.54, 1.807) is 18.4 Å². The van der Waals surface area contributed by atoms with E-state index in [1.165, 1.54) is 18.4 Å². The van der Waals surface area contributed by atoms with E-state index in [2.05, 4.69) is 10.1 Å². The molecular formula is C12H16N2O3S. The van der Waals surface area contributed by atoms with Crippen LogP contribution < -0.4 is 11.1 Å². The molecule has 1 saturated carbocycles. The van der Waals surface area contributed by atoms with Crippen LogP contribution in [0.2, 0.25) is 0 Å². The Bertz CT molecular complexity index is 477. The van der Waals surface area contributed by atoms with Crippen LogP contribution in [0.5, 0.6) is 0 Å². The quantitative estimate of drug-likeness (QED) is 0.813. The number of nitrogens with one attached hydrogen (secondary N) is 1. The van der Waals surface area contributed by atoms with Crippen LogP contribution in [0.15, 0.2) is 11.4 Å². The van der Waals surface area contributed by atoms with Gasteiger partial charge in [-0.3, -0.25) is 4.79 Å². The number of thiophene rings is 1. The largest absolute Gasteiger partial charge is 0.465 e. The summed E-state index contributed by atoms with van der Waals surface area (Å²) in [6.07, 6.45) is 1.96. The molecule has 1 aliphatic carbocycles. The highest BCUT2D eigenvalue weighted by atomic mass is 32.1. The van der Waals surface area contributed by atoms with Crippen molar-refractivity contribution in [2.24, 2.45) is 11.7 Å². The molecule has 1 atom stereocenters. The predicted molar refractivity (Wildman–Crippen MR) is 69.6 cm³/mol. The minimum atomic E-state index is -0.880. The maximum atomic E-state index is 12.1. The van der Waals surface area contributed by atoms with Crippen LogP contribution in [0.1, 0.15) is 29.4 Å². The van der Waals surface area contributed by atoms with Gasteiger partial charge in [0.15, 0.2) is 0 Å². The summed E-state index contributed by atoms with van der Waals surface area (Å²) in [7, 11) is 1.31. The van der Waals surface area contributed by atoms with Crippen molar-refractivity contribution in [1.82, 2.24) is 0 Å². The Morgan fingerprint density at radius 1 is 1.56 bits per heavy atom. The van der Waals surface area contributed by atoms with Gasteiger partial charge in [0.1, 0.15) is 4.88 Å². The molecule has 1 aromatic rings. The number of hydrogen-bond acceptors (Lipinski definition) is 5. The van der Waals surface area contributed by atoms with Gasteiger partial charge in [0.05, 0.1) is 18.3 Å². The lowest BCUT2D eigenvalue weighted by Crippen LogP contribution is -2.50. The number of ether oxygens (including phenoxy) is 1. The second-order valence-electron chi connectivity index (χ2n) is 4.67. The van der Waals surface area contributed by atoms with E-state index in [1.807, 2.05) is 0 Å². The Kier molecular flexibility index (Phi) is 3.41. The fourth-order valence-corrected chi connectivity index (χ4v) is 2.55. The van der Waals surface area contributed by atoms with Crippen LogP contribution in [0.25, 0.3) is 0 Å². The summed E-state index contributed by atoms with van der Waals surface area (Å²) >= 11 is 1.23. The number of hydrogen-bond donors (Lipinski definition) is 2. The summed E-state index contributed by atoms with van der Waals surface area (Å²) in [5.74, 6) is -0.475. The normalized spacial score (nSPS) is 17.9. The first-order valence-corrected chi connectivity index (χ1v) is 6.61. The molecule has 3 N–H and O–H groups in total. The van der Waals surface area contributed by atoms with Crippen molar-refractivity contribution in [2.45, 2.75) is 25.3 Å². The molecule has 1 fully saturated rings. The molecule has 0 aliphatic heterocycles.